The molecule has 126 valence electrons. The number of carbonyl (C=O) groups is 1. The molecule has 4 nitrogen and oxygen atoms in total. The SMILES string of the molecule is CC(Oc1ccccc1Cl)C(=O)Nc1ccc(-c2ccccc2)cn1. The third-order valence-corrected chi connectivity index (χ3v) is 3.94. The van der Waals surface area contributed by atoms with Crippen molar-refractivity contribution in [2.75, 3.05) is 5.32 Å². The van der Waals surface area contributed by atoms with Crippen molar-refractivity contribution in [1.29, 1.82) is 0 Å². The smallest absolute Gasteiger partial charge is 0.266 e. The Labute approximate surface area is 151 Å². The predicted molar refractivity (Wildman–Crippen MR) is 99.8 cm³/mol. The first-order valence-corrected chi connectivity index (χ1v) is 8.25. The van der Waals surface area contributed by atoms with Crippen molar-refractivity contribution in [3.63, 3.8) is 0 Å². The second-order valence-corrected chi connectivity index (χ2v) is 5.89. The van der Waals surface area contributed by atoms with Crippen LogP contribution in [0.15, 0.2) is 72.9 Å². The van der Waals surface area contributed by atoms with Gasteiger partial charge >= 0.3 is 0 Å². The van der Waals surface area contributed by atoms with Gasteiger partial charge in [-0.05, 0) is 36.8 Å². The molecule has 5 heteroatoms. The highest BCUT2D eigenvalue weighted by Crippen LogP contribution is 2.24. The highest BCUT2D eigenvalue weighted by Gasteiger charge is 2.16. The van der Waals surface area contributed by atoms with Crippen LogP contribution in [0.2, 0.25) is 5.02 Å². The molecule has 0 spiro atoms. The molecule has 0 radical (unpaired) electrons. The lowest BCUT2D eigenvalue weighted by atomic mass is 10.1. The zero-order chi connectivity index (χ0) is 17.6. The van der Waals surface area contributed by atoms with Gasteiger partial charge in [0.15, 0.2) is 6.10 Å². The van der Waals surface area contributed by atoms with E-state index in [4.69, 9.17) is 16.3 Å². The zero-order valence-corrected chi connectivity index (χ0v) is 14.4. The maximum atomic E-state index is 12.3. The summed E-state index contributed by atoms with van der Waals surface area (Å²) in [5.74, 6) is 0.651. The van der Waals surface area contributed by atoms with E-state index < -0.39 is 6.10 Å². The lowest BCUT2D eigenvalue weighted by Crippen LogP contribution is -2.30. The maximum Gasteiger partial charge on any atom is 0.266 e. The predicted octanol–water partition coefficient (Wildman–Crippen LogP) is 4.81. The first kappa shape index (κ1) is 17.0. The summed E-state index contributed by atoms with van der Waals surface area (Å²) in [7, 11) is 0. The van der Waals surface area contributed by atoms with Gasteiger partial charge in [-0.2, -0.15) is 0 Å². The van der Waals surface area contributed by atoms with Crippen molar-refractivity contribution in [2.24, 2.45) is 0 Å². The molecule has 0 aliphatic carbocycles. The second kappa shape index (κ2) is 7.81. The van der Waals surface area contributed by atoms with Gasteiger partial charge in [-0.25, -0.2) is 4.98 Å². The van der Waals surface area contributed by atoms with E-state index in [2.05, 4.69) is 10.3 Å². The van der Waals surface area contributed by atoms with Gasteiger partial charge in [0, 0.05) is 11.8 Å². The fourth-order valence-electron chi connectivity index (χ4n) is 2.28. The van der Waals surface area contributed by atoms with Gasteiger partial charge in [0.2, 0.25) is 0 Å². The average Bonchev–Trinajstić information content (AvgIpc) is 2.65. The van der Waals surface area contributed by atoms with Gasteiger partial charge in [-0.15, -0.1) is 0 Å². The summed E-state index contributed by atoms with van der Waals surface area (Å²) < 4.78 is 5.60. The van der Waals surface area contributed by atoms with Crippen LogP contribution < -0.4 is 10.1 Å². The summed E-state index contributed by atoms with van der Waals surface area (Å²) in [6.45, 7) is 1.66. The third-order valence-electron chi connectivity index (χ3n) is 3.63. The van der Waals surface area contributed by atoms with Gasteiger partial charge in [-0.1, -0.05) is 54.1 Å². The minimum absolute atomic E-state index is 0.292. The monoisotopic (exact) mass is 352 g/mol. The highest BCUT2D eigenvalue weighted by atomic mass is 35.5. The minimum Gasteiger partial charge on any atom is -0.479 e. The minimum atomic E-state index is -0.699. The summed E-state index contributed by atoms with van der Waals surface area (Å²) in [5.41, 5.74) is 2.06. The number of amides is 1. The van der Waals surface area contributed by atoms with E-state index in [1.807, 2.05) is 36.4 Å². The first-order chi connectivity index (χ1) is 12.1. The summed E-state index contributed by atoms with van der Waals surface area (Å²) in [6.07, 6.45) is 1.03. The van der Waals surface area contributed by atoms with Crippen molar-refractivity contribution in [3.8, 4) is 16.9 Å². The van der Waals surface area contributed by atoms with Crippen LogP contribution in [0.1, 0.15) is 6.92 Å². The Morgan fingerprint density at radius 3 is 2.40 bits per heavy atom. The van der Waals surface area contributed by atoms with Crippen LogP contribution in [0.25, 0.3) is 11.1 Å². The largest absolute Gasteiger partial charge is 0.479 e. The summed E-state index contributed by atoms with van der Waals surface area (Å²) in [5, 5.41) is 3.21. The zero-order valence-electron chi connectivity index (χ0n) is 13.6. The summed E-state index contributed by atoms with van der Waals surface area (Å²) >= 11 is 6.04. The quantitative estimate of drug-likeness (QED) is 0.717. The van der Waals surface area contributed by atoms with E-state index in [9.17, 15) is 4.79 Å². The van der Waals surface area contributed by atoms with Crippen molar-refractivity contribution in [2.45, 2.75) is 13.0 Å². The van der Waals surface area contributed by atoms with Gasteiger partial charge in [0.1, 0.15) is 11.6 Å². The number of anilines is 1. The molecule has 0 aliphatic rings. The Bertz CT molecular complexity index is 851. The van der Waals surface area contributed by atoms with Crippen molar-refractivity contribution in [3.05, 3.63) is 77.9 Å². The molecule has 3 aromatic rings. The number of carbonyl (C=O) groups excluding carboxylic acids is 1. The number of rotatable bonds is 5. The van der Waals surface area contributed by atoms with E-state index in [1.165, 1.54) is 0 Å². The molecular weight excluding hydrogens is 336 g/mol. The molecule has 1 N–H and O–H groups in total. The standard InChI is InChI=1S/C20H17ClN2O2/c1-14(25-18-10-6-5-9-17(18)21)20(24)23-19-12-11-16(13-22-19)15-7-3-2-4-8-15/h2-14H,1H3,(H,22,23,24). The number of hydrogen-bond acceptors (Lipinski definition) is 3. The number of ether oxygens (including phenoxy) is 1. The number of para-hydroxylation sites is 1. The number of halogens is 1. The topological polar surface area (TPSA) is 51.2 Å². The van der Waals surface area contributed by atoms with E-state index in [1.54, 1.807) is 43.5 Å². The van der Waals surface area contributed by atoms with Crippen molar-refractivity contribution < 1.29 is 9.53 Å². The number of nitrogens with zero attached hydrogens (tertiary/aromatic N) is 1. The molecule has 2 aromatic carbocycles. The van der Waals surface area contributed by atoms with Crippen LogP contribution in [0.4, 0.5) is 5.82 Å². The molecule has 1 aromatic heterocycles. The number of nitrogens with one attached hydrogen (secondary N) is 1. The number of pyridine rings is 1. The molecular formula is C20H17ClN2O2. The van der Waals surface area contributed by atoms with Gasteiger partial charge in [0.25, 0.3) is 5.91 Å². The van der Waals surface area contributed by atoms with Gasteiger partial charge in [-0.3, -0.25) is 4.79 Å². The molecule has 0 saturated heterocycles. The maximum absolute atomic E-state index is 12.3. The molecule has 1 amide bonds. The molecule has 0 saturated carbocycles. The van der Waals surface area contributed by atoms with Crippen molar-refractivity contribution in [1.82, 2.24) is 4.98 Å². The Morgan fingerprint density at radius 1 is 1.00 bits per heavy atom. The van der Waals surface area contributed by atoms with Crippen LogP contribution in [0.5, 0.6) is 5.75 Å². The molecule has 0 fully saturated rings. The molecule has 0 bridgehead atoms. The normalized spacial score (nSPS) is 11.6. The van der Waals surface area contributed by atoms with Crippen LogP contribution >= 0.6 is 11.6 Å². The highest BCUT2D eigenvalue weighted by molar-refractivity contribution is 6.32. The van der Waals surface area contributed by atoms with Gasteiger partial charge < -0.3 is 10.1 Å². The Morgan fingerprint density at radius 2 is 1.72 bits per heavy atom. The first-order valence-electron chi connectivity index (χ1n) is 7.87. The van der Waals surface area contributed by atoms with E-state index in [0.29, 0.717) is 16.6 Å². The molecule has 1 atom stereocenters. The third kappa shape index (κ3) is 4.37. The number of hydrogen-bond donors (Lipinski definition) is 1. The molecule has 25 heavy (non-hydrogen) atoms. The Hall–Kier alpha value is -2.85. The van der Waals surface area contributed by atoms with E-state index >= 15 is 0 Å². The fourth-order valence-corrected chi connectivity index (χ4v) is 2.46. The van der Waals surface area contributed by atoms with Crippen molar-refractivity contribution >= 4 is 23.3 Å². The molecule has 1 unspecified atom stereocenters. The number of benzene rings is 2. The molecule has 0 aliphatic heterocycles. The Kier molecular flexibility index (Phi) is 5.31. The second-order valence-electron chi connectivity index (χ2n) is 5.48. The average molecular weight is 353 g/mol. The van der Waals surface area contributed by atoms with Gasteiger partial charge in [0.05, 0.1) is 5.02 Å². The summed E-state index contributed by atoms with van der Waals surface area (Å²) in [6, 6.07) is 20.6. The lowest BCUT2D eigenvalue weighted by molar-refractivity contribution is -0.122. The molecule has 1 heterocycles. The van der Waals surface area contributed by atoms with Crippen LogP contribution in [-0.4, -0.2) is 17.0 Å². The van der Waals surface area contributed by atoms with E-state index in [0.717, 1.165) is 11.1 Å². The number of aromatic nitrogens is 1. The molecule has 3 rings (SSSR count). The van der Waals surface area contributed by atoms with Crippen LogP contribution in [0.3, 0.4) is 0 Å². The fraction of sp³-hybridized carbons (Fsp3) is 0.100. The van der Waals surface area contributed by atoms with Crippen LogP contribution in [0, 0.1) is 0 Å². The lowest BCUT2D eigenvalue weighted by Gasteiger charge is -2.15. The Balaban J connectivity index is 1.63. The van der Waals surface area contributed by atoms with E-state index in [-0.39, 0.29) is 5.91 Å². The summed E-state index contributed by atoms with van der Waals surface area (Å²) in [4.78, 5) is 16.6. The van der Waals surface area contributed by atoms with Crippen LogP contribution in [-0.2, 0) is 4.79 Å².